The van der Waals surface area contributed by atoms with Gasteiger partial charge < -0.3 is 10.1 Å². The molecule has 4 aromatic rings. The van der Waals surface area contributed by atoms with Crippen LogP contribution in [0.25, 0.3) is 26.6 Å². The van der Waals surface area contributed by atoms with Crippen molar-refractivity contribution < 1.29 is 4.74 Å². The molecule has 24 heavy (non-hydrogen) atoms. The Kier molecular flexibility index (Phi) is 3.58. The lowest BCUT2D eigenvalue weighted by Gasteiger charge is -2.01. The number of hydrogen-bond donors (Lipinski definition) is 1. The fourth-order valence-electron chi connectivity index (χ4n) is 2.30. The van der Waals surface area contributed by atoms with E-state index in [1.54, 1.807) is 29.3 Å². The smallest absolute Gasteiger partial charge is 0.146 e. The minimum absolute atomic E-state index is 0.729. The third kappa shape index (κ3) is 2.56. The number of thiazole rings is 1. The van der Waals surface area contributed by atoms with Crippen LogP contribution in [0.1, 0.15) is 0 Å². The molecule has 8 heteroatoms. The van der Waals surface area contributed by atoms with E-state index in [0.29, 0.717) is 0 Å². The molecular formula is C16H14N6OS. The monoisotopic (exact) mass is 338 g/mol. The van der Waals surface area contributed by atoms with Gasteiger partial charge in [-0.3, -0.25) is 0 Å². The Morgan fingerprint density at radius 1 is 1.21 bits per heavy atom. The number of nitrogens with zero attached hydrogens (tertiary/aromatic N) is 5. The summed E-state index contributed by atoms with van der Waals surface area (Å²) in [6.45, 7) is 0. The Hall–Kier alpha value is -3.00. The summed E-state index contributed by atoms with van der Waals surface area (Å²) in [6, 6.07) is 9.64. The van der Waals surface area contributed by atoms with Gasteiger partial charge in [-0.05, 0) is 30.3 Å². The molecule has 0 aliphatic heterocycles. The molecule has 0 unspecified atom stereocenters. The van der Waals surface area contributed by atoms with Crippen LogP contribution in [0, 0.1) is 0 Å². The number of hydrogen-bond acceptors (Lipinski definition) is 7. The van der Waals surface area contributed by atoms with Crippen molar-refractivity contribution in [2.24, 2.45) is 0 Å². The van der Waals surface area contributed by atoms with Crippen molar-refractivity contribution in [2.75, 3.05) is 19.5 Å². The first-order valence-electron chi connectivity index (χ1n) is 7.28. The molecule has 0 radical (unpaired) electrons. The Labute approximate surface area is 141 Å². The molecule has 3 heterocycles. The maximum absolute atomic E-state index is 5.25. The zero-order chi connectivity index (χ0) is 16.5. The predicted octanol–water partition coefficient (Wildman–Crippen LogP) is 2.99. The number of anilines is 1. The quantitative estimate of drug-likeness (QED) is 0.616. The third-order valence-electron chi connectivity index (χ3n) is 3.58. The number of aromatic nitrogens is 5. The minimum atomic E-state index is 0.729. The molecule has 0 fully saturated rings. The highest BCUT2D eigenvalue weighted by molar-refractivity contribution is 7.21. The second kappa shape index (κ2) is 5.89. The lowest BCUT2D eigenvalue weighted by molar-refractivity contribution is 0.415. The topological polar surface area (TPSA) is 77.8 Å². The second-order valence-electron chi connectivity index (χ2n) is 5.05. The van der Waals surface area contributed by atoms with Crippen molar-refractivity contribution in [1.82, 2.24) is 25.0 Å². The average molecular weight is 338 g/mol. The molecule has 4 rings (SSSR count). The number of benzene rings is 1. The summed E-state index contributed by atoms with van der Waals surface area (Å²) in [5.74, 6) is 1.62. The zero-order valence-electron chi connectivity index (χ0n) is 13.1. The van der Waals surface area contributed by atoms with Crippen molar-refractivity contribution in [3.63, 3.8) is 0 Å². The fraction of sp³-hybridized carbons (Fsp3) is 0.125. The summed E-state index contributed by atoms with van der Waals surface area (Å²) in [7, 11) is 3.49. The standard InChI is InChI=1S/C16H14N6OS/c1-17-15-6-3-10(8-18-15)22-9-13(20-21-22)16-19-12-5-4-11(23-2)7-14(12)24-16/h3-9H,1-2H3,(H,17,18). The predicted molar refractivity (Wildman–Crippen MR) is 93.9 cm³/mol. The van der Waals surface area contributed by atoms with E-state index in [9.17, 15) is 0 Å². The van der Waals surface area contributed by atoms with E-state index >= 15 is 0 Å². The normalized spacial score (nSPS) is 10.9. The van der Waals surface area contributed by atoms with Gasteiger partial charge in [-0.1, -0.05) is 5.21 Å². The summed E-state index contributed by atoms with van der Waals surface area (Å²) >= 11 is 1.56. The maximum Gasteiger partial charge on any atom is 0.146 e. The highest BCUT2D eigenvalue weighted by Gasteiger charge is 2.11. The van der Waals surface area contributed by atoms with E-state index < -0.39 is 0 Å². The van der Waals surface area contributed by atoms with Gasteiger partial charge in [0.25, 0.3) is 0 Å². The van der Waals surface area contributed by atoms with Crippen LogP contribution in [0.3, 0.4) is 0 Å². The molecule has 7 nitrogen and oxygen atoms in total. The van der Waals surface area contributed by atoms with Crippen LogP contribution in [0.4, 0.5) is 5.82 Å². The van der Waals surface area contributed by atoms with Crippen LogP contribution >= 0.6 is 11.3 Å². The van der Waals surface area contributed by atoms with Crippen LogP contribution in [0.15, 0.2) is 42.7 Å². The summed E-state index contributed by atoms with van der Waals surface area (Å²) in [6.07, 6.45) is 3.60. The van der Waals surface area contributed by atoms with Gasteiger partial charge in [0.1, 0.15) is 22.3 Å². The molecule has 0 atom stereocenters. The van der Waals surface area contributed by atoms with Gasteiger partial charge >= 0.3 is 0 Å². The summed E-state index contributed by atoms with van der Waals surface area (Å²) in [5.41, 5.74) is 2.49. The van der Waals surface area contributed by atoms with Crippen molar-refractivity contribution in [1.29, 1.82) is 0 Å². The van der Waals surface area contributed by atoms with Crippen molar-refractivity contribution >= 4 is 27.4 Å². The Morgan fingerprint density at radius 3 is 2.88 bits per heavy atom. The van der Waals surface area contributed by atoms with E-state index in [1.165, 1.54) is 0 Å². The van der Waals surface area contributed by atoms with Gasteiger partial charge in [0.05, 0.1) is 35.4 Å². The number of ether oxygens (including phenoxy) is 1. The Bertz CT molecular complexity index is 991. The van der Waals surface area contributed by atoms with Gasteiger partial charge in [0, 0.05) is 7.05 Å². The summed E-state index contributed by atoms with van der Waals surface area (Å²) < 4.78 is 8.00. The first-order valence-corrected chi connectivity index (χ1v) is 8.10. The number of methoxy groups -OCH3 is 1. The SMILES string of the molecule is CNc1ccc(-n2cc(-c3nc4ccc(OC)cc4s3)nn2)cn1. The van der Waals surface area contributed by atoms with E-state index in [2.05, 4.69) is 25.6 Å². The van der Waals surface area contributed by atoms with Gasteiger partial charge in [0.15, 0.2) is 0 Å². The van der Waals surface area contributed by atoms with E-state index in [4.69, 9.17) is 4.74 Å². The van der Waals surface area contributed by atoms with Crippen LogP contribution in [0.2, 0.25) is 0 Å². The molecule has 1 aromatic carbocycles. The molecule has 0 saturated carbocycles. The number of rotatable bonds is 4. The first kappa shape index (κ1) is 14.6. The lowest BCUT2D eigenvalue weighted by Crippen LogP contribution is -1.97. The van der Waals surface area contributed by atoms with Gasteiger partial charge in [0.2, 0.25) is 0 Å². The van der Waals surface area contributed by atoms with Crippen LogP contribution < -0.4 is 10.1 Å². The van der Waals surface area contributed by atoms with Crippen LogP contribution in [-0.4, -0.2) is 39.1 Å². The van der Waals surface area contributed by atoms with Gasteiger partial charge in [-0.2, -0.15) is 0 Å². The van der Waals surface area contributed by atoms with E-state index in [1.807, 2.05) is 43.6 Å². The van der Waals surface area contributed by atoms with E-state index in [-0.39, 0.29) is 0 Å². The molecule has 120 valence electrons. The second-order valence-corrected chi connectivity index (χ2v) is 6.08. The number of pyridine rings is 1. The molecule has 1 N–H and O–H groups in total. The number of fused-ring (bicyclic) bond motifs is 1. The molecule has 0 spiro atoms. The first-order chi connectivity index (χ1) is 11.8. The van der Waals surface area contributed by atoms with Gasteiger partial charge in [-0.15, -0.1) is 16.4 Å². The van der Waals surface area contributed by atoms with Crippen molar-refractivity contribution in [3.8, 4) is 22.1 Å². The average Bonchev–Trinajstić information content (AvgIpc) is 3.27. The highest BCUT2D eigenvalue weighted by Crippen LogP contribution is 2.31. The molecule has 0 saturated heterocycles. The maximum atomic E-state index is 5.25. The van der Waals surface area contributed by atoms with Crippen molar-refractivity contribution in [3.05, 3.63) is 42.7 Å². The van der Waals surface area contributed by atoms with Gasteiger partial charge in [-0.25, -0.2) is 14.6 Å². The van der Waals surface area contributed by atoms with Crippen LogP contribution in [0.5, 0.6) is 5.75 Å². The minimum Gasteiger partial charge on any atom is -0.497 e. The Balaban J connectivity index is 1.68. The largest absolute Gasteiger partial charge is 0.497 e. The summed E-state index contributed by atoms with van der Waals surface area (Å²) in [4.78, 5) is 8.90. The fourth-order valence-corrected chi connectivity index (χ4v) is 3.24. The lowest BCUT2D eigenvalue weighted by atomic mass is 10.3. The molecule has 3 aromatic heterocycles. The number of nitrogens with one attached hydrogen (secondary N) is 1. The molecule has 0 bridgehead atoms. The molecule has 0 aliphatic carbocycles. The zero-order valence-corrected chi connectivity index (χ0v) is 13.9. The molecule has 0 amide bonds. The summed E-state index contributed by atoms with van der Waals surface area (Å²) in [5, 5.41) is 12.2. The van der Waals surface area contributed by atoms with Crippen molar-refractivity contribution in [2.45, 2.75) is 0 Å². The van der Waals surface area contributed by atoms with E-state index in [0.717, 1.165) is 38.2 Å². The molecule has 0 aliphatic rings. The van der Waals surface area contributed by atoms with Crippen LogP contribution in [-0.2, 0) is 0 Å². The molecular weight excluding hydrogens is 324 g/mol. The third-order valence-corrected chi connectivity index (χ3v) is 4.62. The highest BCUT2D eigenvalue weighted by atomic mass is 32.1. The Morgan fingerprint density at radius 2 is 2.12 bits per heavy atom.